The van der Waals surface area contributed by atoms with Crippen molar-refractivity contribution in [2.75, 3.05) is 6.61 Å². The lowest BCUT2D eigenvalue weighted by Gasteiger charge is -2.12. The van der Waals surface area contributed by atoms with Crippen molar-refractivity contribution in [1.82, 2.24) is 0 Å². The summed E-state index contributed by atoms with van der Waals surface area (Å²) in [5.74, 6) is 0.646. The number of hydrogen-bond acceptors (Lipinski definition) is 2. The standard InChI is InChI=1S/C7H17NO.ClH/c1-3-6(2)4-7(8)5-9;/h6-7,9H,3-5,8H2,1-2H3;1H. The summed E-state index contributed by atoms with van der Waals surface area (Å²) in [4.78, 5) is 0. The monoisotopic (exact) mass is 167 g/mol. The smallest absolute Gasteiger partial charge is 0.0582 e. The van der Waals surface area contributed by atoms with Crippen molar-refractivity contribution in [1.29, 1.82) is 0 Å². The lowest BCUT2D eigenvalue weighted by Crippen LogP contribution is -2.26. The molecule has 2 nitrogen and oxygen atoms in total. The Balaban J connectivity index is 0. The first-order valence-corrected chi connectivity index (χ1v) is 3.57. The van der Waals surface area contributed by atoms with Gasteiger partial charge in [0.15, 0.2) is 0 Å². The largest absolute Gasteiger partial charge is 0.395 e. The van der Waals surface area contributed by atoms with E-state index in [9.17, 15) is 0 Å². The van der Waals surface area contributed by atoms with Crippen LogP contribution < -0.4 is 5.73 Å². The molecule has 0 radical (unpaired) electrons. The van der Waals surface area contributed by atoms with Crippen LogP contribution in [0.15, 0.2) is 0 Å². The Bertz CT molecular complexity index is 62.6. The second-order valence-electron chi connectivity index (χ2n) is 2.69. The first kappa shape index (κ1) is 12.8. The zero-order valence-corrected chi connectivity index (χ0v) is 7.53. The molecule has 10 heavy (non-hydrogen) atoms. The topological polar surface area (TPSA) is 46.2 Å². The van der Waals surface area contributed by atoms with Gasteiger partial charge in [0.2, 0.25) is 0 Å². The molecule has 0 bridgehead atoms. The van der Waals surface area contributed by atoms with Gasteiger partial charge in [-0.05, 0) is 12.3 Å². The molecule has 0 heterocycles. The number of hydrogen-bond donors (Lipinski definition) is 2. The Kier molecular flexibility index (Phi) is 9.40. The maximum absolute atomic E-state index is 8.55. The summed E-state index contributed by atoms with van der Waals surface area (Å²) in [6.45, 7) is 4.40. The van der Waals surface area contributed by atoms with E-state index in [-0.39, 0.29) is 25.1 Å². The number of rotatable bonds is 4. The molecule has 0 aromatic heterocycles. The number of halogens is 1. The van der Waals surface area contributed by atoms with Crippen LogP contribution in [-0.2, 0) is 0 Å². The normalized spacial score (nSPS) is 15.6. The van der Waals surface area contributed by atoms with Gasteiger partial charge in [-0.25, -0.2) is 0 Å². The van der Waals surface area contributed by atoms with Crippen LogP contribution in [0.1, 0.15) is 26.7 Å². The van der Waals surface area contributed by atoms with E-state index in [0.717, 1.165) is 12.8 Å². The van der Waals surface area contributed by atoms with Crippen LogP contribution in [-0.4, -0.2) is 17.8 Å². The van der Waals surface area contributed by atoms with E-state index in [4.69, 9.17) is 10.8 Å². The van der Waals surface area contributed by atoms with Crippen molar-refractivity contribution in [3.05, 3.63) is 0 Å². The summed E-state index contributed by atoms with van der Waals surface area (Å²) in [6, 6.07) is -0.0139. The van der Waals surface area contributed by atoms with E-state index in [1.165, 1.54) is 0 Å². The first-order chi connectivity index (χ1) is 4.20. The maximum atomic E-state index is 8.55. The van der Waals surface area contributed by atoms with Gasteiger partial charge in [-0.1, -0.05) is 20.3 Å². The lowest BCUT2D eigenvalue weighted by molar-refractivity contribution is 0.246. The van der Waals surface area contributed by atoms with Gasteiger partial charge in [0.25, 0.3) is 0 Å². The molecule has 2 atom stereocenters. The highest BCUT2D eigenvalue weighted by Crippen LogP contribution is 2.07. The van der Waals surface area contributed by atoms with Gasteiger partial charge < -0.3 is 10.8 Å². The zero-order chi connectivity index (χ0) is 7.28. The minimum absolute atomic E-state index is 0. The van der Waals surface area contributed by atoms with Crippen LogP contribution in [0.5, 0.6) is 0 Å². The molecule has 0 aliphatic carbocycles. The Morgan fingerprint density at radius 1 is 1.50 bits per heavy atom. The molecule has 0 fully saturated rings. The van der Waals surface area contributed by atoms with Gasteiger partial charge in [-0.15, -0.1) is 12.4 Å². The molecule has 0 aromatic carbocycles. The minimum atomic E-state index is -0.0139. The van der Waals surface area contributed by atoms with Gasteiger partial charge in [0.1, 0.15) is 0 Å². The van der Waals surface area contributed by atoms with Crippen LogP contribution >= 0.6 is 12.4 Å². The van der Waals surface area contributed by atoms with Crippen molar-refractivity contribution in [2.24, 2.45) is 11.7 Å². The predicted octanol–water partition coefficient (Wildman–Crippen LogP) is 1.16. The van der Waals surface area contributed by atoms with E-state index in [1.54, 1.807) is 0 Å². The molecule has 64 valence electrons. The fourth-order valence-corrected chi connectivity index (χ4v) is 0.758. The molecule has 2 unspecified atom stereocenters. The number of aliphatic hydroxyl groups is 1. The van der Waals surface area contributed by atoms with Gasteiger partial charge in [0, 0.05) is 6.04 Å². The molecule has 0 spiro atoms. The predicted molar refractivity (Wildman–Crippen MR) is 46.4 cm³/mol. The highest BCUT2D eigenvalue weighted by Gasteiger charge is 2.04. The lowest BCUT2D eigenvalue weighted by atomic mass is 10.0. The summed E-state index contributed by atoms with van der Waals surface area (Å²) in [6.07, 6.45) is 2.08. The second kappa shape index (κ2) is 7.32. The highest BCUT2D eigenvalue weighted by atomic mass is 35.5. The Hall–Kier alpha value is 0.210. The van der Waals surface area contributed by atoms with Gasteiger partial charge in [-0.3, -0.25) is 0 Å². The molecule has 3 N–H and O–H groups in total. The summed E-state index contributed by atoms with van der Waals surface area (Å²) >= 11 is 0. The molecule has 0 amide bonds. The molecular formula is C7H18ClNO. The fraction of sp³-hybridized carbons (Fsp3) is 1.00. The average Bonchev–Trinajstić information content (AvgIpc) is 1.87. The van der Waals surface area contributed by atoms with E-state index in [1.807, 2.05) is 0 Å². The molecule has 0 aromatic rings. The van der Waals surface area contributed by atoms with Crippen molar-refractivity contribution in [2.45, 2.75) is 32.7 Å². The van der Waals surface area contributed by atoms with Gasteiger partial charge >= 0.3 is 0 Å². The Morgan fingerprint density at radius 2 is 2.00 bits per heavy atom. The minimum Gasteiger partial charge on any atom is -0.395 e. The summed E-state index contributed by atoms with van der Waals surface area (Å²) in [7, 11) is 0. The number of nitrogens with two attached hydrogens (primary N) is 1. The van der Waals surface area contributed by atoms with Crippen molar-refractivity contribution < 1.29 is 5.11 Å². The van der Waals surface area contributed by atoms with Crippen LogP contribution in [0.25, 0.3) is 0 Å². The maximum Gasteiger partial charge on any atom is 0.0582 e. The van der Waals surface area contributed by atoms with Gasteiger partial charge in [0.05, 0.1) is 6.61 Å². The number of aliphatic hydroxyl groups excluding tert-OH is 1. The summed E-state index contributed by atoms with van der Waals surface area (Å²) in [5, 5.41) is 8.55. The molecule has 0 aliphatic heterocycles. The van der Waals surface area contributed by atoms with Crippen LogP contribution in [0, 0.1) is 5.92 Å². The van der Waals surface area contributed by atoms with Crippen molar-refractivity contribution in [3.63, 3.8) is 0 Å². The van der Waals surface area contributed by atoms with E-state index in [0.29, 0.717) is 5.92 Å². The Labute approximate surface area is 69.2 Å². The second-order valence-corrected chi connectivity index (χ2v) is 2.69. The van der Waals surface area contributed by atoms with E-state index < -0.39 is 0 Å². The molecule has 0 rings (SSSR count). The third-order valence-electron chi connectivity index (χ3n) is 1.64. The highest BCUT2D eigenvalue weighted by molar-refractivity contribution is 5.85. The Morgan fingerprint density at radius 3 is 2.30 bits per heavy atom. The molecule has 0 saturated carbocycles. The SMILES string of the molecule is CCC(C)CC(N)CO.Cl. The fourth-order valence-electron chi connectivity index (χ4n) is 0.758. The average molecular weight is 168 g/mol. The third-order valence-corrected chi connectivity index (χ3v) is 1.64. The zero-order valence-electron chi connectivity index (χ0n) is 6.71. The quantitative estimate of drug-likeness (QED) is 0.661. The third kappa shape index (κ3) is 6.33. The molecule has 0 aliphatic rings. The summed E-state index contributed by atoms with van der Waals surface area (Å²) < 4.78 is 0. The van der Waals surface area contributed by atoms with Crippen molar-refractivity contribution in [3.8, 4) is 0 Å². The molecule has 0 saturated heterocycles. The molecular weight excluding hydrogens is 150 g/mol. The van der Waals surface area contributed by atoms with Crippen LogP contribution in [0.2, 0.25) is 0 Å². The van der Waals surface area contributed by atoms with Crippen molar-refractivity contribution >= 4 is 12.4 Å². The molecule has 3 heteroatoms. The first-order valence-electron chi connectivity index (χ1n) is 3.57. The van der Waals surface area contributed by atoms with E-state index in [2.05, 4.69) is 13.8 Å². The van der Waals surface area contributed by atoms with Crippen LogP contribution in [0.4, 0.5) is 0 Å². The van der Waals surface area contributed by atoms with E-state index >= 15 is 0 Å². The summed E-state index contributed by atoms with van der Waals surface area (Å²) in [5.41, 5.74) is 5.50. The van der Waals surface area contributed by atoms with Gasteiger partial charge in [-0.2, -0.15) is 0 Å². The van der Waals surface area contributed by atoms with Crippen LogP contribution in [0.3, 0.4) is 0 Å².